The van der Waals surface area contributed by atoms with Crippen LogP contribution in [0, 0.1) is 5.92 Å². The van der Waals surface area contributed by atoms with Crippen molar-refractivity contribution in [1.82, 2.24) is 15.3 Å². The molecule has 0 saturated heterocycles. The van der Waals surface area contributed by atoms with Gasteiger partial charge in [0.05, 0.1) is 24.2 Å². The van der Waals surface area contributed by atoms with Crippen molar-refractivity contribution in [1.29, 1.82) is 0 Å². The predicted molar refractivity (Wildman–Crippen MR) is 83.6 cm³/mol. The summed E-state index contributed by atoms with van der Waals surface area (Å²) in [5.41, 5.74) is 0.134. The van der Waals surface area contributed by atoms with Gasteiger partial charge in [0.15, 0.2) is 9.84 Å². The number of rotatable bonds is 4. The Balaban J connectivity index is 1.56. The van der Waals surface area contributed by atoms with E-state index in [0.29, 0.717) is 11.8 Å². The first-order valence-corrected chi connectivity index (χ1v) is 9.33. The molecule has 2 heterocycles. The van der Waals surface area contributed by atoms with Crippen LogP contribution in [0.15, 0.2) is 23.9 Å². The highest BCUT2D eigenvalue weighted by molar-refractivity contribution is 7.94. The lowest BCUT2D eigenvalue weighted by Gasteiger charge is -2.12. The monoisotopic (exact) mass is 337 g/mol. The second-order valence-electron chi connectivity index (χ2n) is 6.14. The van der Waals surface area contributed by atoms with Crippen LogP contribution in [0.5, 0.6) is 5.88 Å². The van der Waals surface area contributed by atoms with Gasteiger partial charge < -0.3 is 10.1 Å². The lowest BCUT2D eigenvalue weighted by molar-refractivity contribution is 0.0942. The Hall–Kier alpha value is -1.96. The third-order valence-electron chi connectivity index (χ3n) is 4.04. The SMILES string of the molecule is CC1CCC(Oc2cnc(C(=O)NC3C=CS(=O)(=O)C3)cn2)C1. The molecule has 124 valence electrons. The summed E-state index contributed by atoms with van der Waals surface area (Å²) in [5, 5.41) is 3.72. The van der Waals surface area contributed by atoms with E-state index < -0.39 is 21.8 Å². The predicted octanol–water partition coefficient (Wildman–Crippen LogP) is 1.08. The summed E-state index contributed by atoms with van der Waals surface area (Å²) in [4.78, 5) is 20.2. The topological polar surface area (TPSA) is 98.2 Å². The van der Waals surface area contributed by atoms with Crippen LogP contribution >= 0.6 is 0 Å². The van der Waals surface area contributed by atoms with Gasteiger partial charge >= 0.3 is 0 Å². The molecule has 1 saturated carbocycles. The van der Waals surface area contributed by atoms with Gasteiger partial charge in [-0.05, 0) is 31.3 Å². The van der Waals surface area contributed by atoms with E-state index in [0.717, 1.165) is 24.7 Å². The maximum Gasteiger partial charge on any atom is 0.271 e. The molecular formula is C15H19N3O4S. The summed E-state index contributed by atoms with van der Waals surface area (Å²) in [7, 11) is -3.20. The fraction of sp³-hybridized carbons (Fsp3) is 0.533. The number of hydrogen-bond donors (Lipinski definition) is 1. The molecule has 3 atom stereocenters. The molecule has 0 bridgehead atoms. The first-order valence-electron chi connectivity index (χ1n) is 7.62. The number of nitrogens with zero attached hydrogens (tertiary/aromatic N) is 2. The van der Waals surface area contributed by atoms with Crippen LogP contribution in [0.3, 0.4) is 0 Å². The van der Waals surface area contributed by atoms with Crippen molar-refractivity contribution in [2.75, 3.05) is 5.75 Å². The minimum absolute atomic E-state index is 0.118. The molecule has 0 spiro atoms. The van der Waals surface area contributed by atoms with E-state index in [4.69, 9.17) is 4.74 Å². The Morgan fingerprint density at radius 1 is 1.30 bits per heavy atom. The van der Waals surface area contributed by atoms with Gasteiger partial charge in [-0.15, -0.1) is 0 Å². The smallest absolute Gasteiger partial charge is 0.271 e. The zero-order valence-corrected chi connectivity index (χ0v) is 13.6. The molecule has 1 aliphatic heterocycles. The minimum atomic E-state index is -3.20. The van der Waals surface area contributed by atoms with Gasteiger partial charge in [0.2, 0.25) is 5.88 Å². The summed E-state index contributed by atoms with van der Waals surface area (Å²) in [5.74, 6) is 0.496. The van der Waals surface area contributed by atoms with Crippen LogP contribution in [-0.4, -0.2) is 42.2 Å². The van der Waals surface area contributed by atoms with E-state index in [1.54, 1.807) is 0 Å². The number of amides is 1. The summed E-state index contributed by atoms with van der Waals surface area (Å²) < 4.78 is 28.4. The summed E-state index contributed by atoms with van der Waals surface area (Å²) in [6.45, 7) is 2.19. The zero-order chi connectivity index (χ0) is 16.4. The Kier molecular flexibility index (Phi) is 4.34. The second-order valence-corrected chi connectivity index (χ2v) is 8.07. The van der Waals surface area contributed by atoms with E-state index >= 15 is 0 Å². The molecule has 1 aliphatic carbocycles. The van der Waals surface area contributed by atoms with Crippen molar-refractivity contribution in [3.8, 4) is 5.88 Å². The fourth-order valence-corrected chi connectivity index (χ4v) is 4.07. The van der Waals surface area contributed by atoms with Crippen LogP contribution in [0.2, 0.25) is 0 Å². The molecule has 3 rings (SSSR count). The lowest BCUT2D eigenvalue weighted by atomic mass is 10.1. The van der Waals surface area contributed by atoms with Gasteiger partial charge in [-0.1, -0.05) is 6.92 Å². The zero-order valence-electron chi connectivity index (χ0n) is 12.8. The third-order valence-corrected chi connectivity index (χ3v) is 5.44. The first kappa shape index (κ1) is 15.9. The molecule has 7 nitrogen and oxygen atoms in total. The Bertz CT molecular complexity index is 715. The molecule has 1 aromatic heterocycles. The van der Waals surface area contributed by atoms with E-state index in [1.807, 2.05) is 0 Å². The summed E-state index contributed by atoms with van der Waals surface area (Å²) in [6.07, 6.45) is 7.55. The maximum absolute atomic E-state index is 12.0. The van der Waals surface area contributed by atoms with Gasteiger partial charge in [-0.25, -0.2) is 18.4 Å². The number of carbonyl (C=O) groups is 1. The van der Waals surface area contributed by atoms with Crippen molar-refractivity contribution < 1.29 is 17.9 Å². The molecule has 3 unspecified atom stereocenters. The Labute approximate surface area is 135 Å². The molecule has 8 heteroatoms. The molecule has 1 amide bonds. The van der Waals surface area contributed by atoms with Crippen LogP contribution in [0.25, 0.3) is 0 Å². The van der Waals surface area contributed by atoms with Crippen LogP contribution in [0.1, 0.15) is 36.7 Å². The molecule has 1 N–H and O–H groups in total. The van der Waals surface area contributed by atoms with Gasteiger partial charge in [0.1, 0.15) is 11.8 Å². The highest BCUT2D eigenvalue weighted by Crippen LogP contribution is 2.27. The number of carbonyl (C=O) groups excluding carboxylic acids is 1. The first-order chi connectivity index (χ1) is 10.9. The van der Waals surface area contributed by atoms with Gasteiger partial charge in [0.25, 0.3) is 5.91 Å². The van der Waals surface area contributed by atoms with Crippen LogP contribution < -0.4 is 10.1 Å². The quantitative estimate of drug-likeness (QED) is 0.883. The van der Waals surface area contributed by atoms with E-state index in [-0.39, 0.29) is 17.6 Å². The van der Waals surface area contributed by atoms with Crippen molar-refractivity contribution >= 4 is 15.7 Å². The highest BCUT2D eigenvalue weighted by Gasteiger charge is 2.25. The van der Waals surface area contributed by atoms with E-state index in [1.165, 1.54) is 18.5 Å². The van der Waals surface area contributed by atoms with Crippen molar-refractivity contribution in [2.24, 2.45) is 5.92 Å². The average molecular weight is 337 g/mol. The van der Waals surface area contributed by atoms with Crippen molar-refractivity contribution in [3.63, 3.8) is 0 Å². The molecule has 23 heavy (non-hydrogen) atoms. The summed E-state index contributed by atoms with van der Waals surface area (Å²) >= 11 is 0. The molecule has 1 aromatic rings. The summed E-state index contributed by atoms with van der Waals surface area (Å²) in [6, 6.07) is -0.523. The van der Waals surface area contributed by atoms with E-state index in [9.17, 15) is 13.2 Å². The molecule has 2 aliphatic rings. The third kappa shape index (κ3) is 4.07. The van der Waals surface area contributed by atoms with Crippen molar-refractivity contribution in [2.45, 2.75) is 38.3 Å². The van der Waals surface area contributed by atoms with Gasteiger partial charge in [-0.3, -0.25) is 4.79 Å². The van der Waals surface area contributed by atoms with Gasteiger partial charge in [0, 0.05) is 5.41 Å². The largest absolute Gasteiger partial charge is 0.473 e. The Morgan fingerprint density at radius 2 is 2.13 bits per heavy atom. The molecule has 0 aromatic carbocycles. The van der Waals surface area contributed by atoms with Crippen LogP contribution in [0.4, 0.5) is 0 Å². The highest BCUT2D eigenvalue weighted by atomic mass is 32.2. The van der Waals surface area contributed by atoms with Gasteiger partial charge in [-0.2, -0.15) is 0 Å². The molecule has 1 fully saturated rings. The number of sulfone groups is 1. The number of ether oxygens (including phenoxy) is 1. The average Bonchev–Trinajstić information content (AvgIpc) is 3.05. The standard InChI is InChI=1S/C15H19N3O4S/c1-10-2-3-12(6-10)22-14-8-16-13(7-17-14)15(19)18-11-4-5-23(20,21)9-11/h4-5,7-8,10-12H,2-3,6,9H2,1H3,(H,18,19). The second kappa shape index (κ2) is 6.27. The van der Waals surface area contributed by atoms with Crippen molar-refractivity contribution in [3.05, 3.63) is 29.6 Å². The number of nitrogens with one attached hydrogen (secondary N) is 1. The minimum Gasteiger partial charge on any atom is -0.473 e. The normalized spacial score (nSPS) is 28.7. The number of hydrogen-bond acceptors (Lipinski definition) is 6. The van der Waals surface area contributed by atoms with Crippen LogP contribution in [-0.2, 0) is 9.84 Å². The lowest BCUT2D eigenvalue weighted by Crippen LogP contribution is -2.36. The Morgan fingerprint density at radius 3 is 2.70 bits per heavy atom. The maximum atomic E-state index is 12.0. The fourth-order valence-electron chi connectivity index (χ4n) is 2.84. The van der Waals surface area contributed by atoms with E-state index in [2.05, 4.69) is 22.2 Å². The molecular weight excluding hydrogens is 318 g/mol. The number of aromatic nitrogens is 2. The molecule has 0 radical (unpaired) electrons.